The van der Waals surface area contributed by atoms with E-state index in [1.807, 2.05) is 97.6 Å². The lowest BCUT2D eigenvalue weighted by Gasteiger charge is -2.13. The van der Waals surface area contributed by atoms with Gasteiger partial charge in [-0.2, -0.15) is 0 Å². The minimum Gasteiger partial charge on any atom is -0.309 e. The van der Waals surface area contributed by atoms with Crippen molar-refractivity contribution in [2.45, 2.75) is 0 Å². The molecule has 11 nitrogen and oxygen atoms in total. The smallest absolute Gasteiger partial charge is 0.145 e. The molecule has 22 aromatic rings. The Labute approximate surface area is 644 Å². The van der Waals surface area contributed by atoms with Gasteiger partial charge in [-0.15, -0.1) is 0 Å². The fourth-order valence-corrected chi connectivity index (χ4v) is 16.6. The summed E-state index contributed by atoms with van der Waals surface area (Å²) in [5.41, 5.74) is 29.3. The van der Waals surface area contributed by atoms with Crippen molar-refractivity contribution in [2.24, 2.45) is 0 Å². The van der Waals surface area contributed by atoms with Crippen molar-refractivity contribution in [3.63, 3.8) is 0 Å². The monoisotopic (exact) mass is 1430 g/mol. The van der Waals surface area contributed by atoms with E-state index in [4.69, 9.17) is 15.0 Å². The second-order valence-electron chi connectivity index (χ2n) is 28.0. The van der Waals surface area contributed by atoms with Crippen LogP contribution in [-0.2, 0) is 0 Å². The van der Waals surface area contributed by atoms with Crippen LogP contribution in [0.2, 0.25) is 0 Å². The minimum absolute atomic E-state index is 0.794. The van der Waals surface area contributed by atoms with Gasteiger partial charge in [-0.25, -0.2) is 15.0 Å². The van der Waals surface area contributed by atoms with Crippen LogP contribution >= 0.6 is 0 Å². The van der Waals surface area contributed by atoms with Gasteiger partial charge in [0.25, 0.3) is 0 Å². The van der Waals surface area contributed by atoms with Crippen molar-refractivity contribution in [1.29, 1.82) is 0 Å². The van der Waals surface area contributed by atoms with E-state index in [-0.39, 0.29) is 0 Å². The van der Waals surface area contributed by atoms with Gasteiger partial charge in [0, 0.05) is 114 Å². The van der Waals surface area contributed by atoms with E-state index < -0.39 is 0 Å². The highest BCUT2D eigenvalue weighted by Crippen LogP contribution is 2.45. The molecule has 0 fully saturated rings. The second kappa shape index (κ2) is 27.5. The lowest BCUT2D eigenvalue weighted by molar-refractivity contribution is 1.14. The van der Waals surface area contributed by atoms with E-state index in [0.29, 0.717) is 0 Å². The fourth-order valence-electron chi connectivity index (χ4n) is 16.6. The van der Waals surface area contributed by atoms with Crippen LogP contribution < -0.4 is 0 Å². The first-order valence-corrected chi connectivity index (χ1v) is 37.6. The molecular weight excluding hydrogens is 1370 g/mol. The summed E-state index contributed by atoms with van der Waals surface area (Å²) in [6, 6.07) is 126. The molecule has 0 radical (unpaired) electrons. The number of rotatable bonds is 12. The molecule has 0 saturated heterocycles. The molecule has 0 saturated carbocycles. The third-order valence-corrected chi connectivity index (χ3v) is 21.5. The number of fused-ring (bicyclic) bond motifs is 12. The van der Waals surface area contributed by atoms with Crippen LogP contribution in [0, 0.1) is 0 Å². The van der Waals surface area contributed by atoms with Crippen molar-refractivity contribution in [2.75, 3.05) is 0 Å². The molecule has 11 aromatic heterocycles. The molecule has 11 heterocycles. The average Bonchev–Trinajstić information content (AvgIpc) is 1.57. The number of nitrogens with zero attached hydrogens (tertiary/aromatic N) is 11. The zero-order chi connectivity index (χ0) is 74.0. The number of aromatic nitrogens is 11. The highest BCUT2D eigenvalue weighted by Gasteiger charge is 2.23. The maximum absolute atomic E-state index is 5.00. The molecule has 112 heavy (non-hydrogen) atoms. The van der Waals surface area contributed by atoms with Gasteiger partial charge < -0.3 is 9.13 Å². The molecule has 0 unspecified atom stereocenters. The van der Waals surface area contributed by atoms with Gasteiger partial charge in [0.1, 0.15) is 11.3 Å². The summed E-state index contributed by atoms with van der Waals surface area (Å²) in [5, 5.41) is 9.49. The molecule has 0 spiro atoms. The lowest BCUT2D eigenvalue weighted by atomic mass is 9.96. The summed E-state index contributed by atoms with van der Waals surface area (Å²) in [4.78, 5) is 33.6. The normalized spacial score (nSPS) is 11.6. The molecule has 0 N–H and O–H groups in total. The van der Waals surface area contributed by atoms with Crippen LogP contribution in [0.5, 0.6) is 0 Å². The van der Waals surface area contributed by atoms with Gasteiger partial charge in [0.15, 0.2) is 0 Å². The van der Waals surface area contributed by atoms with E-state index in [2.05, 4.69) is 323 Å². The molecule has 0 aliphatic heterocycles. The average molecular weight is 1430 g/mol. The number of hydrogen-bond acceptors (Lipinski definition) is 7. The Morgan fingerprint density at radius 2 is 0.527 bits per heavy atom. The Kier molecular flexibility index (Phi) is 15.9. The Morgan fingerprint density at radius 1 is 0.170 bits per heavy atom. The van der Waals surface area contributed by atoms with E-state index >= 15 is 0 Å². The van der Waals surface area contributed by atoms with Crippen molar-refractivity contribution >= 4 is 87.5 Å². The molecule has 0 aliphatic carbocycles. The first kappa shape index (κ1) is 65.0. The summed E-state index contributed by atoms with van der Waals surface area (Å²) < 4.78 is 9.32. The third kappa shape index (κ3) is 11.3. The van der Waals surface area contributed by atoms with E-state index in [0.717, 1.165) is 140 Å². The summed E-state index contributed by atoms with van der Waals surface area (Å²) in [6.07, 6.45) is 11.0. The maximum atomic E-state index is 5.00. The molecule has 11 heteroatoms. The SMILES string of the molecule is c1ccc(-n2c3ccccc3c3c(-c4ccc5c(c4)c4cccnc4n5-c4cccc(-c5cc(-c6ccccn6)cc(-c6ccccn6)c5)c4)cccc32)cc1.c1ccc(-n2c3ccccc3c3c(-c4ccc5c(c4)c4cccnc4n5-c4cccc(-c5cc(-c6ccccn6)nc(-c6ccccn6)c5)c4)cccc32)cc1. The van der Waals surface area contributed by atoms with Crippen LogP contribution in [0.25, 0.3) is 200 Å². The predicted octanol–water partition coefficient (Wildman–Crippen LogP) is 24.9. The third-order valence-electron chi connectivity index (χ3n) is 21.5. The van der Waals surface area contributed by atoms with Crippen LogP contribution in [0.15, 0.2) is 395 Å². The second-order valence-corrected chi connectivity index (χ2v) is 28.0. The molecule has 524 valence electrons. The van der Waals surface area contributed by atoms with Crippen molar-refractivity contribution in [3.05, 3.63) is 395 Å². The largest absolute Gasteiger partial charge is 0.309 e. The van der Waals surface area contributed by atoms with Gasteiger partial charge in [0.2, 0.25) is 0 Å². The Bertz CT molecular complexity index is 6800. The lowest BCUT2D eigenvalue weighted by Crippen LogP contribution is -1.97. The van der Waals surface area contributed by atoms with Crippen LogP contribution in [0.1, 0.15) is 0 Å². The van der Waals surface area contributed by atoms with E-state index in [9.17, 15) is 0 Å². The molecule has 0 amide bonds. The highest BCUT2D eigenvalue weighted by atomic mass is 15.1. The van der Waals surface area contributed by atoms with Gasteiger partial charge in [-0.05, 0) is 245 Å². The summed E-state index contributed by atoms with van der Waals surface area (Å²) in [7, 11) is 0. The summed E-state index contributed by atoms with van der Waals surface area (Å²) in [5.74, 6) is 0. The molecular formula is C101H65N11. The number of benzene rings is 11. The highest BCUT2D eigenvalue weighted by molar-refractivity contribution is 6.19. The summed E-state index contributed by atoms with van der Waals surface area (Å²) in [6.45, 7) is 0. The van der Waals surface area contributed by atoms with Crippen molar-refractivity contribution in [1.82, 2.24) is 53.2 Å². The predicted molar refractivity (Wildman–Crippen MR) is 458 cm³/mol. The molecule has 0 atom stereocenters. The van der Waals surface area contributed by atoms with E-state index in [1.165, 1.54) is 60.3 Å². The molecule has 0 aliphatic rings. The van der Waals surface area contributed by atoms with Gasteiger partial charge in [0.05, 0.1) is 67.3 Å². The quantitative estimate of drug-likeness (QED) is 0.120. The fraction of sp³-hybridized carbons (Fsp3) is 0. The van der Waals surface area contributed by atoms with Crippen LogP contribution in [0.3, 0.4) is 0 Å². The Morgan fingerprint density at radius 3 is 0.973 bits per heavy atom. The molecule has 11 aromatic carbocycles. The van der Waals surface area contributed by atoms with Gasteiger partial charge in [-0.1, -0.05) is 158 Å². The number of hydrogen-bond donors (Lipinski definition) is 0. The first-order valence-electron chi connectivity index (χ1n) is 37.6. The number of pyridine rings is 7. The summed E-state index contributed by atoms with van der Waals surface area (Å²) >= 11 is 0. The maximum Gasteiger partial charge on any atom is 0.145 e. The van der Waals surface area contributed by atoms with Gasteiger partial charge >= 0.3 is 0 Å². The molecule has 22 rings (SSSR count). The van der Waals surface area contributed by atoms with Crippen LogP contribution in [0.4, 0.5) is 0 Å². The van der Waals surface area contributed by atoms with Crippen molar-refractivity contribution in [3.8, 4) is 113 Å². The Hall–Kier alpha value is -15.3. The van der Waals surface area contributed by atoms with Crippen LogP contribution in [-0.4, -0.2) is 53.2 Å². The first-order chi connectivity index (χ1) is 55.6. The standard InChI is InChI=1S/C51H33N5.C50H32N6/c1-2-14-39(15-3-1)55-47-22-5-4-17-43(47)50-41(18-11-23-49(50)55)35-24-25-48-44(33-35)42-19-12-28-54-51(42)56(48)40-16-10-13-34(32-40)36-29-37(45-20-6-8-26-52-45)31-38(30-36)46-21-7-9-27-53-46;1-2-14-36(15-3-1)55-46-22-5-4-17-40(46)49-38(18-11-23-48(49)55)34-24-25-47-41(30-34)39-19-12-28-53-50(39)56(47)37-16-10-13-33(29-37)35-31-44(42-20-6-8-26-51-42)54-45(32-35)43-21-7-9-27-52-43/h1-33H;1-32H. The Balaban J connectivity index is 0.000000141. The van der Waals surface area contributed by atoms with Gasteiger partial charge in [-0.3, -0.25) is 29.1 Å². The van der Waals surface area contributed by atoms with E-state index in [1.54, 1.807) is 12.4 Å². The topological polar surface area (TPSA) is 110 Å². The number of para-hydroxylation sites is 4. The molecule has 0 bridgehead atoms. The van der Waals surface area contributed by atoms with Crippen molar-refractivity contribution < 1.29 is 0 Å². The zero-order valence-electron chi connectivity index (χ0n) is 60.4. The zero-order valence-corrected chi connectivity index (χ0v) is 60.4. The minimum atomic E-state index is 0.794.